The Bertz CT molecular complexity index is 796. The maximum Gasteiger partial charge on any atom is 0.252 e. The Balaban J connectivity index is 1.87. The molecule has 0 atom stereocenters. The normalized spacial score (nSPS) is 10.4. The summed E-state index contributed by atoms with van der Waals surface area (Å²) in [5.41, 5.74) is 1.20. The monoisotopic (exact) mass is 436 g/mol. The van der Waals surface area contributed by atoms with E-state index in [1.807, 2.05) is 31.2 Å². The zero-order chi connectivity index (χ0) is 19.8. The van der Waals surface area contributed by atoms with Crippen molar-refractivity contribution in [1.29, 1.82) is 0 Å². The molecule has 0 aliphatic carbocycles. The van der Waals surface area contributed by atoms with E-state index in [1.165, 1.54) is 12.1 Å². The molecule has 2 aromatic carbocycles. The minimum Gasteiger partial charge on any atom is -0.497 e. The maximum absolute atomic E-state index is 13.3. The summed E-state index contributed by atoms with van der Waals surface area (Å²) in [5.74, 6) is -0.213. The molecule has 0 heterocycles. The maximum atomic E-state index is 13.3. The van der Waals surface area contributed by atoms with Crippen molar-refractivity contribution in [1.82, 2.24) is 10.2 Å². The molecule has 2 amide bonds. The van der Waals surface area contributed by atoms with Crippen LogP contribution in [-0.4, -0.2) is 36.9 Å². The van der Waals surface area contributed by atoms with Crippen molar-refractivity contribution in [2.75, 3.05) is 20.2 Å². The van der Waals surface area contributed by atoms with Crippen molar-refractivity contribution in [2.24, 2.45) is 0 Å². The number of rotatable bonds is 8. The molecule has 0 unspecified atom stereocenters. The van der Waals surface area contributed by atoms with E-state index in [1.54, 1.807) is 12.0 Å². The molecule has 0 aromatic heterocycles. The third-order valence-corrected chi connectivity index (χ3v) is 4.76. The molecule has 0 aliphatic heterocycles. The van der Waals surface area contributed by atoms with Gasteiger partial charge in [-0.15, -0.1) is 0 Å². The van der Waals surface area contributed by atoms with Crippen LogP contribution < -0.4 is 10.1 Å². The van der Waals surface area contributed by atoms with Gasteiger partial charge in [0.15, 0.2) is 0 Å². The van der Waals surface area contributed by atoms with E-state index in [9.17, 15) is 14.0 Å². The number of halogens is 2. The second-order valence-corrected chi connectivity index (χ2v) is 6.74. The predicted molar refractivity (Wildman–Crippen MR) is 105 cm³/mol. The highest BCUT2D eigenvalue weighted by Gasteiger charge is 2.14. The van der Waals surface area contributed by atoms with Crippen LogP contribution in [0.1, 0.15) is 29.3 Å². The Hall–Kier alpha value is -2.41. The number of benzene rings is 2. The van der Waals surface area contributed by atoms with E-state index >= 15 is 0 Å². The van der Waals surface area contributed by atoms with Crippen LogP contribution in [0.2, 0.25) is 0 Å². The first kappa shape index (κ1) is 20.9. The van der Waals surface area contributed by atoms with Crippen molar-refractivity contribution in [3.63, 3.8) is 0 Å². The molecule has 5 nitrogen and oxygen atoms in total. The number of ether oxygens (including phenoxy) is 1. The molecule has 0 saturated heterocycles. The average Bonchev–Trinajstić information content (AvgIpc) is 2.68. The number of hydrogen-bond donors (Lipinski definition) is 1. The van der Waals surface area contributed by atoms with E-state index in [4.69, 9.17) is 4.74 Å². The molecular weight excluding hydrogens is 415 g/mol. The summed E-state index contributed by atoms with van der Waals surface area (Å²) in [7, 11) is 1.60. The first-order chi connectivity index (χ1) is 12.9. The smallest absolute Gasteiger partial charge is 0.252 e. The molecule has 7 heteroatoms. The Morgan fingerprint density at radius 2 is 1.89 bits per heavy atom. The Labute approximate surface area is 166 Å². The third kappa shape index (κ3) is 6.06. The zero-order valence-corrected chi connectivity index (χ0v) is 16.9. The van der Waals surface area contributed by atoms with Gasteiger partial charge >= 0.3 is 0 Å². The third-order valence-electron chi connectivity index (χ3n) is 4.06. The van der Waals surface area contributed by atoms with Crippen LogP contribution in [0.5, 0.6) is 5.75 Å². The lowest BCUT2D eigenvalue weighted by atomic mass is 10.2. The minimum atomic E-state index is -0.490. The molecule has 2 aromatic rings. The van der Waals surface area contributed by atoms with Gasteiger partial charge in [-0.05, 0) is 58.7 Å². The van der Waals surface area contributed by atoms with Crippen molar-refractivity contribution in [3.8, 4) is 5.75 Å². The van der Waals surface area contributed by atoms with Crippen LogP contribution >= 0.6 is 15.9 Å². The summed E-state index contributed by atoms with van der Waals surface area (Å²) in [6.07, 6.45) is 0.169. The van der Waals surface area contributed by atoms with Crippen LogP contribution in [0.25, 0.3) is 0 Å². The first-order valence-corrected chi connectivity index (χ1v) is 9.37. The molecule has 0 spiro atoms. The number of carbonyl (C=O) groups is 2. The second kappa shape index (κ2) is 10.1. The lowest BCUT2D eigenvalue weighted by Crippen LogP contribution is -2.34. The summed E-state index contributed by atoms with van der Waals surface area (Å²) in [6, 6.07) is 11.4. The van der Waals surface area contributed by atoms with Gasteiger partial charge < -0.3 is 15.0 Å². The van der Waals surface area contributed by atoms with E-state index in [0.717, 1.165) is 17.4 Å². The average molecular weight is 437 g/mol. The van der Waals surface area contributed by atoms with Crippen LogP contribution in [0.4, 0.5) is 4.39 Å². The van der Waals surface area contributed by atoms with Gasteiger partial charge in [-0.1, -0.05) is 12.1 Å². The van der Waals surface area contributed by atoms with Crippen molar-refractivity contribution in [3.05, 3.63) is 63.9 Å². The number of amides is 2. The quantitative estimate of drug-likeness (QED) is 0.684. The van der Waals surface area contributed by atoms with Gasteiger partial charge in [0.25, 0.3) is 5.91 Å². The number of nitrogens with one attached hydrogen (secondary N) is 1. The highest BCUT2D eigenvalue weighted by Crippen LogP contribution is 2.17. The van der Waals surface area contributed by atoms with Crippen molar-refractivity contribution >= 4 is 27.7 Å². The van der Waals surface area contributed by atoms with Crippen LogP contribution in [0.15, 0.2) is 46.9 Å². The summed E-state index contributed by atoms with van der Waals surface area (Å²) < 4.78 is 18.9. The minimum absolute atomic E-state index is 0.0630. The standard InChI is InChI=1S/C20H22BrFN2O3/c1-3-24(13-14-4-7-16(27-2)8-5-14)19(25)10-11-23-20(26)17-12-15(22)6-9-18(17)21/h4-9,12H,3,10-11,13H2,1-2H3,(H,23,26). The van der Waals surface area contributed by atoms with Crippen LogP contribution in [-0.2, 0) is 11.3 Å². The molecule has 1 N–H and O–H groups in total. The summed E-state index contributed by atoms with van der Waals surface area (Å²) in [5, 5.41) is 2.66. The topological polar surface area (TPSA) is 58.6 Å². The highest BCUT2D eigenvalue weighted by molar-refractivity contribution is 9.10. The van der Waals surface area contributed by atoms with E-state index in [0.29, 0.717) is 17.6 Å². The Morgan fingerprint density at radius 1 is 1.19 bits per heavy atom. The number of methoxy groups -OCH3 is 1. The first-order valence-electron chi connectivity index (χ1n) is 8.58. The number of hydrogen-bond acceptors (Lipinski definition) is 3. The lowest BCUT2D eigenvalue weighted by molar-refractivity contribution is -0.131. The summed E-state index contributed by atoms with van der Waals surface area (Å²) in [6.45, 7) is 3.14. The lowest BCUT2D eigenvalue weighted by Gasteiger charge is -2.21. The molecule has 27 heavy (non-hydrogen) atoms. The SMILES string of the molecule is CCN(Cc1ccc(OC)cc1)C(=O)CCNC(=O)c1cc(F)ccc1Br. The van der Waals surface area contributed by atoms with Crippen molar-refractivity contribution < 1.29 is 18.7 Å². The van der Waals surface area contributed by atoms with Gasteiger partial charge in [0.05, 0.1) is 12.7 Å². The molecule has 0 radical (unpaired) electrons. The zero-order valence-electron chi connectivity index (χ0n) is 15.3. The van der Waals surface area contributed by atoms with Gasteiger partial charge in [0, 0.05) is 30.5 Å². The van der Waals surface area contributed by atoms with Gasteiger partial charge in [0.2, 0.25) is 5.91 Å². The molecule has 2 rings (SSSR count). The largest absolute Gasteiger partial charge is 0.497 e. The van der Waals surface area contributed by atoms with Gasteiger partial charge in [-0.3, -0.25) is 9.59 Å². The van der Waals surface area contributed by atoms with Crippen molar-refractivity contribution in [2.45, 2.75) is 19.9 Å². The molecular formula is C20H22BrFN2O3. The molecule has 0 bridgehead atoms. The number of carbonyl (C=O) groups excluding carboxylic acids is 2. The molecule has 0 saturated carbocycles. The van der Waals surface area contributed by atoms with Crippen LogP contribution in [0.3, 0.4) is 0 Å². The highest BCUT2D eigenvalue weighted by atomic mass is 79.9. The molecule has 0 aliphatic rings. The predicted octanol–water partition coefficient (Wildman–Crippen LogP) is 3.77. The fourth-order valence-electron chi connectivity index (χ4n) is 2.54. The summed E-state index contributed by atoms with van der Waals surface area (Å²) in [4.78, 5) is 26.3. The Kier molecular flexibility index (Phi) is 7.79. The van der Waals surface area contributed by atoms with E-state index < -0.39 is 11.7 Å². The van der Waals surface area contributed by atoms with E-state index in [2.05, 4.69) is 21.2 Å². The summed E-state index contributed by atoms with van der Waals surface area (Å²) >= 11 is 3.22. The van der Waals surface area contributed by atoms with Gasteiger partial charge in [0.1, 0.15) is 11.6 Å². The Morgan fingerprint density at radius 3 is 2.52 bits per heavy atom. The fourth-order valence-corrected chi connectivity index (χ4v) is 2.96. The molecule has 0 fully saturated rings. The molecule has 144 valence electrons. The van der Waals surface area contributed by atoms with Gasteiger partial charge in [-0.2, -0.15) is 0 Å². The second-order valence-electron chi connectivity index (χ2n) is 5.89. The number of nitrogens with zero attached hydrogens (tertiary/aromatic N) is 1. The van der Waals surface area contributed by atoms with Crippen LogP contribution in [0, 0.1) is 5.82 Å². The van der Waals surface area contributed by atoms with E-state index in [-0.39, 0.29) is 24.4 Å². The van der Waals surface area contributed by atoms with Gasteiger partial charge in [-0.25, -0.2) is 4.39 Å². The fraction of sp³-hybridized carbons (Fsp3) is 0.300.